The highest BCUT2D eigenvalue weighted by Crippen LogP contribution is 2.34. The smallest absolute Gasteiger partial charge is 0.254 e. The molecule has 2 fully saturated rings. The van der Waals surface area contributed by atoms with Crippen LogP contribution in [-0.4, -0.2) is 43.7 Å². The zero-order valence-corrected chi connectivity index (χ0v) is 22.2. The quantitative estimate of drug-likeness (QED) is 0.360. The maximum Gasteiger partial charge on any atom is 0.254 e. The maximum absolute atomic E-state index is 14.3. The minimum absolute atomic E-state index is 0.0589. The van der Waals surface area contributed by atoms with E-state index >= 15 is 0 Å². The second kappa shape index (κ2) is 12.0. The fraction of sp³-hybridized carbons (Fsp3) is 0.469. The molecule has 0 radical (unpaired) electrons. The summed E-state index contributed by atoms with van der Waals surface area (Å²) in [6, 6.07) is 21.0. The molecule has 2 aliphatic rings. The molecule has 0 bridgehead atoms. The van der Waals surface area contributed by atoms with Crippen LogP contribution < -0.4 is 14.8 Å². The van der Waals surface area contributed by atoms with Crippen LogP contribution in [0.1, 0.15) is 67.3 Å². The number of hydrogen-bond donors (Lipinski definition) is 1. The predicted molar refractivity (Wildman–Crippen MR) is 149 cm³/mol. The van der Waals surface area contributed by atoms with Crippen molar-refractivity contribution in [1.29, 1.82) is 0 Å². The van der Waals surface area contributed by atoms with E-state index in [0.29, 0.717) is 35.6 Å². The number of rotatable bonds is 9. The molecule has 1 saturated carbocycles. The summed E-state index contributed by atoms with van der Waals surface area (Å²) in [5.41, 5.74) is 1.81. The molecular weight excluding hydrogens is 460 g/mol. The zero-order valence-electron chi connectivity index (χ0n) is 22.2. The van der Waals surface area contributed by atoms with Crippen LogP contribution in [-0.2, 0) is 6.54 Å². The van der Waals surface area contributed by atoms with E-state index in [1.807, 2.05) is 18.2 Å². The molecule has 0 aromatic heterocycles. The number of methoxy groups -OCH3 is 2. The van der Waals surface area contributed by atoms with Crippen molar-refractivity contribution in [2.24, 2.45) is 5.92 Å². The Hall–Kier alpha value is -3.05. The number of fused-ring (bicyclic) bond motifs is 1. The van der Waals surface area contributed by atoms with Gasteiger partial charge in [0.1, 0.15) is 0 Å². The second-order valence-corrected chi connectivity index (χ2v) is 10.7. The van der Waals surface area contributed by atoms with Crippen molar-refractivity contribution >= 4 is 16.7 Å². The fourth-order valence-electron chi connectivity index (χ4n) is 6.32. The number of nitrogens with one attached hydrogen (secondary N) is 1. The van der Waals surface area contributed by atoms with E-state index < -0.39 is 0 Å². The Morgan fingerprint density at radius 1 is 0.892 bits per heavy atom. The molecule has 1 saturated heterocycles. The van der Waals surface area contributed by atoms with Gasteiger partial charge in [-0.1, -0.05) is 68.5 Å². The van der Waals surface area contributed by atoms with E-state index in [9.17, 15) is 4.79 Å². The number of hydrogen-bond acceptors (Lipinski definition) is 4. The van der Waals surface area contributed by atoms with E-state index in [1.165, 1.54) is 54.9 Å². The average Bonchev–Trinajstić information content (AvgIpc) is 3.49. The van der Waals surface area contributed by atoms with Gasteiger partial charge >= 0.3 is 0 Å². The van der Waals surface area contributed by atoms with Crippen molar-refractivity contribution in [3.63, 3.8) is 0 Å². The molecule has 0 spiro atoms. The van der Waals surface area contributed by atoms with Gasteiger partial charge < -0.3 is 19.7 Å². The van der Waals surface area contributed by atoms with Crippen molar-refractivity contribution in [2.75, 3.05) is 20.8 Å². The molecule has 1 heterocycles. The molecule has 1 aliphatic carbocycles. The van der Waals surface area contributed by atoms with Crippen LogP contribution in [0.15, 0.2) is 60.7 Å². The first-order valence-electron chi connectivity index (χ1n) is 13.9. The highest BCUT2D eigenvalue weighted by atomic mass is 16.5. The summed E-state index contributed by atoms with van der Waals surface area (Å²) in [5, 5.41) is 6.18. The number of carbonyl (C=O) groups excluding carboxylic acids is 1. The van der Waals surface area contributed by atoms with E-state index in [1.54, 1.807) is 14.2 Å². The molecule has 1 amide bonds. The predicted octanol–water partition coefficient (Wildman–Crippen LogP) is 6.59. The summed E-state index contributed by atoms with van der Waals surface area (Å²) in [7, 11) is 3.24. The minimum atomic E-state index is 0.0589. The standard InChI is InChI=1S/C32H40N2O3/c1-36-30-17-16-27(21-31(30)37-2)32(35)34(22-24-14-15-25-11-6-7-12-26(25)19-24)29(28-13-8-18-33-28)20-23-9-4-3-5-10-23/h6-7,11-12,14-17,19,21,23,28-29,33H,3-5,8-10,13,18,20,22H2,1-2H3/t28?,29-/m0/s1. The molecule has 1 N–H and O–H groups in total. The highest BCUT2D eigenvalue weighted by molar-refractivity contribution is 5.95. The number of benzene rings is 3. The fourth-order valence-corrected chi connectivity index (χ4v) is 6.32. The Morgan fingerprint density at radius 3 is 2.41 bits per heavy atom. The van der Waals surface area contributed by atoms with Crippen molar-refractivity contribution in [3.8, 4) is 11.5 Å². The Morgan fingerprint density at radius 2 is 1.68 bits per heavy atom. The molecule has 37 heavy (non-hydrogen) atoms. The lowest BCUT2D eigenvalue weighted by Crippen LogP contribution is -2.51. The Kier molecular flexibility index (Phi) is 8.30. The van der Waals surface area contributed by atoms with Gasteiger partial charge in [0.2, 0.25) is 0 Å². The van der Waals surface area contributed by atoms with Crippen LogP contribution >= 0.6 is 0 Å². The molecule has 1 aliphatic heterocycles. The van der Waals surface area contributed by atoms with Crippen LogP contribution in [0.4, 0.5) is 0 Å². The van der Waals surface area contributed by atoms with Gasteiger partial charge in [-0.15, -0.1) is 0 Å². The molecule has 5 heteroatoms. The van der Waals surface area contributed by atoms with E-state index in [4.69, 9.17) is 9.47 Å². The van der Waals surface area contributed by atoms with Gasteiger partial charge in [0.05, 0.1) is 14.2 Å². The summed E-state index contributed by atoms with van der Waals surface area (Å²) >= 11 is 0. The van der Waals surface area contributed by atoms with E-state index in [2.05, 4.69) is 52.7 Å². The van der Waals surface area contributed by atoms with Crippen molar-refractivity contribution in [3.05, 3.63) is 71.8 Å². The molecule has 5 nitrogen and oxygen atoms in total. The Balaban J connectivity index is 1.52. The number of ether oxygens (including phenoxy) is 2. The molecule has 1 unspecified atom stereocenters. The van der Waals surface area contributed by atoms with Gasteiger partial charge in [0.25, 0.3) is 5.91 Å². The zero-order chi connectivity index (χ0) is 25.6. The van der Waals surface area contributed by atoms with Gasteiger partial charge in [-0.3, -0.25) is 4.79 Å². The molecule has 3 aromatic rings. The van der Waals surface area contributed by atoms with E-state index in [0.717, 1.165) is 19.4 Å². The first-order chi connectivity index (χ1) is 18.2. The monoisotopic (exact) mass is 500 g/mol. The third kappa shape index (κ3) is 5.93. The summed E-state index contributed by atoms with van der Waals surface area (Å²) < 4.78 is 11.0. The summed E-state index contributed by atoms with van der Waals surface area (Å²) in [5.74, 6) is 1.96. The Bertz CT molecular complexity index is 1200. The van der Waals surface area contributed by atoms with Crippen LogP contribution in [0.3, 0.4) is 0 Å². The normalized spacial score (nSPS) is 19.0. The number of carbonyl (C=O) groups is 1. The first kappa shape index (κ1) is 25.6. The summed E-state index contributed by atoms with van der Waals surface area (Å²) in [6.07, 6.45) is 9.85. The summed E-state index contributed by atoms with van der Waals surface area (Å²) in [6.45, 7) is 1.62. The lowest BCUT2D eigenvalue weighted by Gasteiger charge is -2.39. The van der Waals surface area contributed by atoms with Crippen LogP contribution in [0.5, 0.6) is 11.5 Å². The second-order valence-electron chi connectivity index (χ2n) is 10.7. The molecule has 3 aromatic carbocycles. The maximum atomic E-state index is 14.3. The average molecular weight is 501 g/mol. The third-order valence-corrected chi connectivity index (χ3v) is 8.32. The van der Waals surface area contributed by atoms with E-state index in [-0.39, 0.29) is 11.9 Å². The van der Waals surface area contributed by atoms with Crippen LogP contribution in [0.2, 0.25) is 0 Å². The minimum Gasteiger partial charge on any atom is -0.493 e. The summed E-state index contributed by atoms with van der Waals surface area (Å²) in [4.78, 5) is 16.5. The first-order valence-corrected chi connectivity index (χ1v) is 13.9. The number of amides is 1. The van der Waals surface area contributed by atoms with Crippen LogP contribution in [0, 0.1) is 5.92 Å². The van der Waals surface area contributed by atoms with Crippen LogP contribution in [0.25, 0.3) is 10.8 Å². The highest BCUT2D eigenvalue weighted by Gasteiger charge is 2.35. The molecule has 196 valence electrons. The van der Waals surface area contributed by atoms with Gasteiger partial charge in [-0.25, -0.2) is 0 Å². The number of nitrogens with zero attached hydrogens (tertiary/aromatic N) is 1. The van der Waals surface area contributed by atoms with Gasteiger partial charge in [-0.05, 0) is 72.3 Å². The van der Waals surface area contributed by atoms with Crippen molar-refractivity contribution in [2.45, 2.75) is 70.0 Å². The lowest BCUT2D eigenvalue weighted by molar-refractivity contribution is 0.0570. The van der Waals surface area contributed by atoms with Crippen molar-refractivity contribution in [1.82, 2.24) is 10.2 Å². The molecule has 2 atom stereocenters. The molecular formula is C32H40N2O3. The third-order valence-electron chi connectivity index (χ3n) is 8.32. The van der Waals surface area contributed by atoms with Gasteiger partial charge in [0.15, 0.2) is 11.5 Å². The largest absolute Gasteiger partial charge is 0.493 e. The van der Waals surface area contributed by atoms with Crippen molar-refractivity contribution < 1.29 is 14.3 Å². The topological polar surface area (TPSA) is 50.8 Å². The Labute approximate surface area is 221 Å². The van der Waals surface area contributed by atoms with Gasteiger partial charge in [-0.2, -0.15) is 0 Å². The lowest BCUT2D eigenvalue weighted by atomic mass is 9.82. The van der Waals surface area contributed by atoms with Gasteiger partial charge in [0, 0.05) is 24.2 Å². The molecule has 5 rings (SSSR count). The SMILES string of the molecule is COc1ccc(C(=O)N(Cc2ccc3ccccc3c2)[C@@H](CC2CCCCC2)C2CCCN2)cc1OC.